The topological polar surface area (TPSA) is 49.3 Å². The summed E-state index contributed by atoms with van der Waals surface area (Å²) in [5.74, 6) is -2.25. The second-order valence-electron chi connectivity index (χ2n) is 3.43. The summed E-state index contributed by atoms with van der Waals surface area (Å²) in [5.41, 5.74) is -0.105. The highest BCUT2D eigenvalue weighted by Crippen LogP contribution is 2.25. The van der Waals surface area contributed by atoms with E-state index >= 15 is 0 Å². The third-order valence-corrected chi connectivity index (χ3v) is 2.74. The quantitative estimate of drug-likeness (QED) is 0.835. The van der Waals surface area contributed by atoms with Crippen molar-refractivity contribution in [2.45, 2.75) is 12.2 Å². The smallest absolute Gasteiger partial charge is 0.401 e. The Kier molecular flexibility index (Phi) is 4.69. The lowest BCUT2D eigenvalue weighted by Gasteiger charge is -2.17. The lowest BCUT2D eigenvalue weighted by atomic mass is 10.1. The molecule has 18 heavy (non-hydrogen) atoms. The van der Waals surface area contributed by atoms with E-state index in [2.05, 4.69) is 15.9 Å². The molecule has 0 radical (unpaired) electrons. The molecule has 0 spiro atoms. The number of hydrogen-bond donors (Lipinski definition) is 2. The van der Waals surface area contributed by atoms with Crippen LogP contribution in [0.4, 0.5) is 17.6 Å². The van der Waals surface area contributed by atoms with Crippen molar-refractivity contribution in [3.05, 3.63) is 34.1 Å². The number of benzene rings is 1. The first-order valence-electron chi connectivity index (χ1n) is 4.68. The van der Waals surface area contributed by atoms with Gasteiger partial charge in [-0.25, -0.2) is 4.39 Å². The molecule has 2 N–H and O–H groups in total. The number of alkyl halides is 3. The van der Waals surface area contributed by atoms with Crippen LogP contribution in [0, 0.1) is 5.82 Å². The van der Waals surface area contributed by atoms with Gasteiger partial charge in [-0.15, -0.1) is 0 Å². The van der Waals surface area contributed by atoms with E-state index in [4.69, 9.17) is 5.11 Å². The maximum absolute atomic E-state index is 13.0. The summed E-state index contributed by atoms with van der Waals surface area (Å²) >= 11 is 2.97. The summed E-state index contributed by atoms with van der Waals surface area (Å²) in [7, 11) is 0. The standard InChI is InChI=1S/C10H8BrF4NO2/c11-7-2-1-5(12)3-6(7)8(9(17)18)16-4-10(13,14)15/h1-3,8,16H,4H2,(H,17,18). The largest absolute Gasteiger partial charge is 0.480 e. The zero-order chi connectivity index (χ0) is 13.9. The summed E-state index contributed by atoms with van der Waals surface area (Å²) in [6.07, 6.45) is -4.55. The zero-order valence-corrected chi connectivity index (χ0v) is 10.3. The third-order valence-electron chi connectivity index (χ3n) is 2.02. The van der Waals surface area contributed by atoms with Crippen LogP contribution in [-0.2, 0) is 4.79 Å². The van der Waals surface area contributed by atoms with E-state index in [1.54, 1.807) is 0 Å². The fraction of sp³-hybridized carbons (Fsp3) is 0.300. The molecule has 8 heteroatoms. The Labute approximate surface area is 108 Å². The van der Waals surface area contributed by atoms with Crippen molar-refractivity contribution >= 4 is 21.9 Å². The summed E-state index contributed by atoms with van der Waals surface area (Å²) in [6.45, 7) is -1.48. The molecule has 0 saturated heterocycles. The van der Waals surface area contributed by atoms with Gasteiger partial charge in [-0.2, -0.15) is 13.2 Å². The van der Waals surface area contributed by atoms with Crippen LogP contribution in [0.1, 0.15) is 11.6 Å². The third kappa shape index (κ3) is 4.26. The molecular formula is C10H8BrF4NO2. The molecule has 0 aromatic heterocycles. The number of hydrogen-bond acceptors (Lipinski definition) is 2. The number of halogens is 5. The molecule has 0 amide bonds. The van der Waals surface area contributed by atoms with Crippen LogP contribution in [0.15, 0.2) is 22.7 Å². The zero-order valence-electron chi connectivity index (χ0n) is 8.76. The highest BCUT2D eigenvalue weighted by atomic mass is 79.9. The average Bonchev–Trinajstić information content (AvgIpc) is 2.21. The van der Waals surface area contributed by atoms with E-state index in [9.17, 15) is 22.4 Å². The number of carboxylic acids is 1. The number of aliphatic carboxylic acids is 1. The van der Waals surface area contributed by atoms with Crippen molar-refractivity contribution in [1.82, 2.24) is 5.32 Å². The molecule has 1 aromatic carbocycles. The molecule has 0 fully saturated rings. The second-order valence-corrected chi connectivity index (χ2v) is 4.29. The first-order valence-corrected chi connectivity index (χ1v) is 5.48. The van der Waals surface area contributed by atoms with Crippen LogP contribution in [0.25, 0.3) is 0 Å². The van der Waals surface area contributed by atoms with E-state index in [1.807, 2.05) is 5.32 Å². The van der Waals surface area contributed by atoms with E-state index in [1.165, 1.54) is 6.07 Å². The van der Waals surface area contributed by atoms with Crippen LogP contribution in [0.2, 0.25) is 0 Å². The van der Waals surface area contributed by atoms with Crippen LogP contribution < -0.4 is 5.32 Å². The van der Waals surface area contributed by atoms with Crippen LogP contribution >= 0.6 is 15.9 Å². The molecule has 3 nitrogen and oxygen atoms in total. The molecule has 1 rings (SSSR count). The fourth-order valence-corrected chi connectivity index (χ4v) is 1.76. The molecule has 0 aliphatic rings. The normalized spacial score (nSPS) is 13.4. The Morgan fingerprint density at radius 1 is 1.44 bits per heavy atom. The van der Waals surface area contributed by atoms with Crippen molar-refractivity contribution in [1.29, 1.82) is 0 Å². The number of nitrogens with one attached hydrogen (secondary N) is 1. The van der Waals surface area contributed by atoms with Gasteiger partial charge in [0.15, 0.2) is 0 Å². The maximum atomic E-state index is 13.0. The lowest BCUT2D eigenvalue weighted by Crippen LogP contribution is -2.36. The summed E-state index contributed by atoms with van der Waals surface area (Å²) < 4.78 is 49.3. The maximum Gasteiger partial charge on any atom is 0.401 e. The first kappa shape index (κ1) is 14.9. The second kappa shape index (κ2) is 5.66. The monoisotopic (exact) mass is 329 g/mol. The highest BCUT2D eigenvalue weighted by Gasteiger charge is 2.31. The van der Waals surface area contributed by atoms with Gasteiger partial charge in [0.2, 0.25) is 0 Å². The molecule has 100 valence electrons. The summed E-state index contributed by atoms with van der Waals surface area (Å²) in [5, 5.41) is 10.7. The van der Waals surface area contributed by atoms with Gasteiger partial charge < -0.3 is 5.11 Å². The Morgan fingerprint density at radius 3 is 2.56 bits per heavy atom. The van der Waals surface area contributed by atoms with Crippen molar-refractivity contribution in [2.75, 3.05) is 6.54 Å². The van der Waals surface area contributed by atoms with Crippen LogP contribution in [0.5, 0.6) is 0 Å². The lowest BCUT2D eigenvalue weighted by molar-refractivity contribution is -0.143. The van der Waals surface area contributed by atoms with E-state index < -0.39 is 30.5 Å². The van der Waals surface area contributed by atoms with Crippen molar-refractivity contribution in [3.8, 4) is 0 Å². The average molecular weight is 330 g/mol. The van der Waals surface area contributed by atoms with Crippen molar-refractivity contribution in [3.63, 3.8) is 0 Å². The van der Waals surface area contributed by atoms with Gasteiger partial charge >= 0.3 is 12.1 Å². The molecule has 0 saturated carbocycles. The van der Waals surface area contributed by atoms with Gasteiger partial charge in [0.1, 0.15) is 11.9 Å². The fourth-order valence-electron chi connectivity index (χ4n) is 1.28. The summed E-state index contributed by atoms with van der Waals surface area (Å²) in [4.78, 5) is 10.9. The number of carboxylic acid groups (broad SMARTS) is 1. The minimum Gasteiger partial charge on any atom is -0.480 e. The molecule has 1 atom stereocenters. The molecule has 0 heterocycles. The van der Waals surface area contributed by atoms with Crippen molar-refractivity contribution in [2.24, 2.45) is 0 Å². The molecule has 0 bridgehead atoms. The van der Waals surface area contributed by atoms with E-state index in [-0.39, 0.29) is 10.0 Å². The first-order chi connectivity index (χ1) is 8.20. The predicted molar refractivity (Wildman–Crippen MR) is 58.5 cm³/mol. The van der Waals surface area contributed by atoms with E-state index in [0.29, 0.717) is 0 Å². The SMILES string of the molecule is O=C(O)C(NCC(F)(F)F)c1cc(F)ccc1Br. The molecular weight excluding hydrogens is 322 g/mol. The van der Waals surface area contributed by atoms with Gasteiger partial charge in [-0.05, 0) is 23.8 Å². The Hall–Kier alpha value is -1.15. The number of carbonyl (C=O) groups is 1. The van der Waals surface area contributed by atoms with E-state index in [0.717, 1.165) is 12.1 Å². The highest BCUT2D eigenvalue weighted by molar-refractivity contribution is 9.10. The summed E-state index contributed by atoms with van der Waals surface area (Å²) in [6, 6.07) is 1.52. The molecule has 1 unspecified atom stereocenters. The van der Waals surface area contributed by atoms with Gasteiger partial charge in [-0.1, -0.05) is 15.9 Å². The van der Waals surface area contributed by atoms with Crippen molar-refractivity contribution < 1.29 is 27.5 Å². The minimum atomic E-state index is -4.55. The molecule has 0 aliphatic heterocycles. The Morgan fingerprint density at radius 2 is 2.06 bits per heavy atom. The molecule has 0 aliphatic carbocycles. The van der Waals surface area contributed by atoms with Crippen LogP contribution in [0.3, 0.4) is 0 Å². The minimum absolute atomic E-state index is 0.105. The van der Waals surface area contributed by atoms with Crippen LogP contribution in [-0.4, -0.2) is 23.8 Å². The van der Waals surface area contributed by atoms with Gasteiger partial charge in [0.05, 0.1) is 6.54 Å². The van der Waals surface area contributed by atoms with Gasteiger partial charge in [-0.3, -0.25) is 10.1 Å². The Balaban J connectivity index is 2.98. The van der Waals surface area contributed by atoms with Gasteiger partial charge in [0, 0.05) is 4.47 Å². The predicted octanol–water partition coefficient (Wildman–Crippen LogP) is 2.87. The Bertz CT molecular complexity index is 450. The number of rotatable bonds is 4. The van der Waals surface area contributed by atoms with Gasteiger partial charge in [0.25, 0.3) is 0 Å². The molecule has 1 aromatic rings.